The molecule has 0 aliphatic carbocycles. The molecule has 0 radical (unpaired) electrons. The third-order valence-electron chi connectivity index (χ3n) is 0.737. The van der Waals surface area contributed by atoms with Crippen molar-refractivity contribution in [2.24, 2.45) is 0 Å². The van der Waals surface area contributed by atoms with E-state index in [9.17, 15) is 0 Å². The first-order chi connectivity index (χ1) is 4.33. The molecule has 0 saturated carbocycles. The van der Waals surface area contributed by atoms with Gasteiger partial charge in [-0.1, -0.05) is 25.8 Å². The summed E-state index contributed by atoms with van der Waals surface area (Å²) in [6, 6.07) is 0. The number of rotatable bonds is 3. The first-order valence-electron chi connectivity index (χ1n) is 3.46. The summed E-state index contributed by atoms with van der Waals surface area (Å²) in [5, 5.41) is 0. The Morgan fingerprint density at radius 3 is 2.00 bits per heavy atom. The minimum atomic E-state index is 0.827. The Kier molecular flexibility index (Phi) is 20.5. The van der Waals surface area contributed by atoms with Gasteiger partial charge in [0.2, 0.25) is 0 Å². The van der Waals surface area contributed by atoms with E-state index in [0.29, 0.717) is 0 Å². The molecule has 0 bridgehead atoms. The summed E-state index contributed by atoms with van der Waals surface area (Å²) in [5.41, 5.74) is 0. The van der Waals surface area contributed by atoms with Gasteiger partial charge in [0.05, 0.1) is 0 Å². The van der Waals surface area contributed by atoms with E-state index >= 15 is 0 Å². The Balaban J connectivity index is 0. The zero-order chi connectivity index (χ0) is 7.54. The molecule has 0 unspecified atom stereocenters. The monoisotopic (exact) mass is 148 g/mol. The molecular formula is C8H17Cl. The van der Waals surface area contributed by atoms with Crippen molar-refractivity contribution in [1.82, 2.24) is 0 Å². The van der Waals surface area contributed by atoms with Gasteiger partial charge in [0.15, 0.2) is 0 Å². The van der Waals surface area contributed by atoms with E-state index < -0.39 is 0 Å². The molecule has 0 aromatic carbocycles. The van der Waals surface area contributed by atoms with Crippen LogP contribution in [0.2, 0.25) is 0 Å². The number of alkyl halides is 1. The van der Waals surface area contributed by atoms with Gasteiger partial charge < -0.3 is 0 Å². The van der Waals surface area contributed by atoms with Gasteiger partial charge in [0.1, 0.15) is 0 Å². The van der Waals surface area contributed by atoms with Gasteiger partial charge >= 0.3 is 0 Å². The summed E-state index contributed by atoms with van der Waals surface area (Å²) in [5.74, 6) is 0.827. The summed E-state index contributed by atoms with van der Waals surface area (Å²) in [6.07, 6.45) is 5.48. The van der Waals surface area contributed by atoms with Crippen molar-refractivity contribution in [3.8, 4) is 0 Å². The first-order valence-corrected chi connectivity index (χ1v) is 3.99. The Bertz CT molecular complexity index is 37.8. The predicted molar refractivity (Wildman–Crippen MR) is 46.1 cm³/mol. The molecule has 0 aliphatic rings. The van der Waals surface area contributed by atoms with Crippen LogP contribution >= 0.6 is 11.6 Å². The van der Waals surface area contributed by atoms with Gasteiger partial charge in [-0.3, -0.25) is 0 Å². The normalized spacial score (nSPS) is 7.44. The third-order valence-corrected chi connectivity index (χ3v) is 1.00. The van der Waals surface area contributed by atoms with Crippen molar-refractivity contribution in [2.45, 2.75) is 33.1 Å². The Morgan fingerprint density at radius 2 is 1.89 bits per heavy atom. The van der Waals surface area contributed by atoms with Crippen LogP contribution in [0.1, 0.15) is 33.1 Å². The van der Waals surface area contributed by atoms with Crippen LogP contribution in [0.4, 0.5) is 0 Å². The highest BCUT2D eigenvalue weighted by Crippen LogP contribution is 1.93. The molecule has 0 amide bonds. The molecule has 56 valence electrons. The summed E-state index contributed by atoms with van der Waals surface area (Å²) < 4.78 is 0. The predicted octanol–water partition coefficient (Wildman–Crippen LogP) is 3.61. The van der Waals surface area contributed by atoms with Crippen LogP contribution in [0.15, 0.2) is 12.7 Å². The molecule has 0 N–H and O–H groups in total. The molecule has 9 heavy (non-hydrogen) atoms. The maximum atomic E-state index is 5.38. The fourth-order valence-electron chi connectivity index (χ4n) is 0.344. The number of allylic oxidation sites excluding steroid dienone is 1. The number of unbranched alkanes of at least 4 members (excludes halogenated alkanes) is 2. The largest absolute Gasteiger partial charge is 0.127 e. The number of hydrogen-bond acceptors (Lipinski definition) is 0. The lowest BCUT2D eigenvalue weighted by Crippen LogP contribution is -1.70. The van der Waals surface area contributed by atoms with Crippen LogP contribution in [0.25, 0.3) is 0 Å². The van der Waals surface area contributed by atoms with E-state index in [1.54, 1.807) is 6.08 Å². The summed E-state index contributed by atoms with van der Waals surface area (Å²) in [4.78, 5) is 0. The molecule has 0 saturated heterocycles. The highest BCUT2D eigenvalue weighted by atomic mass is 35.5. The summed E-state index contributed by atoms with van der Waals surface area (Å²) in [7, 11) is 0. The maximum absolute atomic E-state index is 5.38. The molecule has 0 fully saturated rings. The minimum absolute atomic E-state index is 0.827. The maximum Gasteiger partial charge on any atom is 0.0223 e. The smallest absolute Gasteiger partial charge is 0.0223 e. The Labute approximate surface area is 63.9 Å². The van der Waals surface area contributed by atoms with Crippen molar-refractivity contribution in [3.63, 3.8) is 0 Å². The number of halogens is 1. The van der Waals surface area contributed by atoms with E-state index in [4.69, 9.17) is 11.6 Å². The average molecular weight is 149 g/mol. The molecule has 0 aliphatic heterocycles. The second-order valence-corrected chi connectivity index (χ2v) is 2.18. The van der Waals surface area contributed by atoms with E-state index in [-0.39, 0.29) is 0 Å². The molecule has 0 atom stereocenters. The molecule has 1 heteroatoms. The van der Waals surface area contributed by atoms with E-state index in [1.165, 1.54) is 19.3 Å². The molecule has 0 rings (SSSR count). The first kappa shape index (κ1) is 11.8. The van der Waals surface area contributed by atoms with Gasteiger partial charge in [-0.25, -0.2) is 0 Å². The summed E-state index contributed by atoms with van der Waals surface area (Å²) in [6.45, 7) is 7.42. The molecule has 0 heterocycles. The van der Waals surface area contributed by atoms with Crippen LogP contribution in [0, 0.1) is 0 Å². The molecule has 0 spiro atoms. The second-order valence-electron chi connectivity index (χ2n) is 1.80. The van der Waals surface area contributed by atoms with Gasteiger partial charge in [-0.05, 0) is 13.3 Å². The van der Waals surface area contributed by atoms with E-state index in [0.717, 1.165) is 5.88 Å². The van der Waals surface area contributed by atoms with Gasteiger partial charge in [-0.15, -0.1) is 18.2 Å². The van der Waals surface area contributed by atoms with Crippen molar-refractivity contribution in [3.05, 3.63) is 12.7 Å². The lowest BCUT2D eigenvalue weighted by molar-refractivity contribution is 0.776. The van der Waals surface area contributed by atoms with Crippen molar-refractivity contribution < 1.29 is 0 Å². The quantitative estimate of drug-likeness (QED) is 0.326. The topological polar surface area (TPSA) is 0 Å². The van der Waals surface area contributed by atoms with Crippen LogP contribution in [0.5, 0.6) is 0 Å². The van der Waals surface area contributed by atoms with Gasteiger partial charge in [-0.2, -0.15) is 0 Å². The lowest BCUT2D eigenvalue weighted by atomic mass is 10.3. The average Bonchev–Trinajstić information content (AvgIpc) is 1.86. The van der Waals surface area contributed by atoms with Crippen LogP contribution in [0.3, 0.4) is 0 Å². The second kappa shape index (κ2) is 15.7. The zero-order valence-corrected chi connectivity index (χ0v) is 7.25. The van der Waals surface area contributed by atoms with E-state index in [2.05, 4.69) is 13.5 Å². The van der Waals surface area contributed by atoms with Crippen LogP contribution in [-0.4, -0.2) is 5.88 Å². The molecular weight excluding hydrogens is 132 g/mol. The van der Waals surface area contributed by atoms with Crippen molar-refractivity contribution >= 4 is 11.6 Å². The van der Waals surface area contributed by atoms with Crippen molar-refractivity contribution in [2.75, 3.05) is 5.88 Å². The van der Waals surface area contributed by atoms with E-state index in [1.807, 2.05) is 6.92 Å². The zero-order valence-electron chi connectivity index (χ0n) is 6.49. The molecule has 0 aromatic heterocycles. The molecule has 0 aromatic rings. The van der Waals surface area contributed by atoms with Gasteiger partial charge in [0.25, 0.3) is 0 Å². The number of hydrogen-bond donors (Lipinski definition) is 0. The SMILES string of the molecule is C=CC.CCCCCCl. The highest BCUT2D eigenvalue weighted by Gasteiger charge is 1.76. The summed E-state index contributed by atoms with van der Waals surface area (Å²) >= 11 is 5.38. The Hall–Kier alpha value is 0.0300. The fraction of sp³-hybridized carbons (Fsp3) is 0.750. The standard InChI is InChI=1S/C5H11Cl.C3H6/c1-2-3-4-5-6;1-3-2/h2-5H2,1H3;3H,1H2,2H3. The van der Waals surface area contributed by atoms with Crippen LogP contribution < -0.4 is 0 Å². The Morgan fingerprint density at radius 1 is 1.44 bits per heavy atom. The lowest BCUT2D eigenvalue weighted by Gasteiger charge is -1.84. The fourth-order valence-corrected chi connectivity index (χ4v) is 0.533. The van der Waals surface area contributed by atoms with Gasteiger partial charge in [0, 0.05) is 5.88 Å². The third kappa shape index (κ3) is 31.8. The minimum Gasteiger partial charge on any atom is -0.127 e. The highest BCUT2D eigenvalue weighted by molar-refractivity contribution is 6.17. The van der Waals surface area contributed by atoms with Crippen LogP contribution in [-0.2, 0) is 0 Å². The van der Waals surface area contributed by atoms with Crippen molar-refractivity contribution in [1.29, 1.82) is 0 Å². The molecule has 0 nitrogen and oxygen atoms in total.